The van der Waals surface area contributed by atoms with Crippen LogP contribution in [0.2, 0.25) is 0 Å². The maximum Gasteiger partial charge on any atom is 0.173 e. The van der Waals surface area contributed by atoms with Crippen molar-refractivity contribution in [3.63, 3.8) is 0 Å². The van der Waals surface area contributed by atoms with Crippen LogP contribution in [0.25, 0.3) is 16.7 Å². The molecule has 22 heavy (non-hydrogen) atoms. The van der Waals surface area contributed by atoms with Gasteiger partial charge in [-0.15, -0.1) is 0 Å². The minimum atomic E-state index is 0.285. The minimum Gasteiger partial charge on any atom is -0.396 e. The van der Waals surface area contributed by atoms with Gasteiger partial charge in [0.2, 0.25) is 0 Å². The lowest BCUT2D eigenvalue weighted by Gasteiger charge is -2.08. The number of hydrogen-bond donors (Lipinski definition) is 1. The first-order valence-electron chi connectivity index (χ1n) is 7.67. The summed E-state index contributed by atoms with van der Waals surface area (Å²) in [4.78, 5) is 4.78. The minimum absolute atomic E-state index is 0.285. The van der Waals surface area contributed by atoms with Gasteiger partial charge in [0, 0.05) is 18.0 Å². The molecule has 0 atom stereocenters. The number of aliphatic hydroxyl groups is 1. The molecule has 0 aliphatic carbocycles. The molecule has 0 aliphatic rings. The van der Waals surface area contributed by atoms with E-state index in [2.05, 4.69) is 47.0 Å². The van der Waals surface area contributed by atoms with Crippen molar-refractivity contribution in [3.05, 3.63) is 54.6 Å². The molecule has 0 amide bonds. The third-order valence-corrected chi connectivity index (χ3v) is 4.60. The van der Waals surface area contributed by atoms with Crippen molar-refractivity contribution >= 4 is 22.8 Å². The number of aromatic nitrogens is 2. The zero-order chi connectivity index (χ0) is 15.2. The number of para-hydroxylation sites is 3. The normalized spacial score (nSPS) is 11.1. The summed E-state index contributed by atoms with van der Waals surface area (Å²) in [6.45, 7) is 0.285. The number of thioether (sulfide) groups is 1. The van der Waals surface area contributed by atoms with Gasteiger partial charge in [-0.2, -0.15) is 0 Å². The van der Waals surface area contributed by atoms with E-state index >= 15 is 0 Å². The average molecular weight is 312 g/mol. The lowest BCUT2D eigenvalue weighted by Crippen LogP contribution is -1.96. The summed E-state index contributed by atoms with van der Waals surface area (Å²) in [5, 5.41) is 9.89. The van der Waals surface area contributed by atoms with E-state index in [1.165, 1.54) is 0 Å². The molecule has 0 saturated heterocycles. The third-order valence-electron chi connectivity index (χ3n) is 3.58. The van der Waals surface area contributed by atoms with Crippen molar-refractivity contribution in [1.82, 2.24) is 9.55 Å². The molecule has 3 nitrogen and oxygen atoms in total. The van der Waals surface area contributed by atoms with Gasteiger partial charge in [-0.1, -0.05) is 48.5 Å². The number of unbranched alkanes of at least 4 members (excludes halogenated alkanes) is 2. The molecule has 2 aromatic carbocycles. The Bertz CT molecular complexity index is 724. The van der Waals surface area contributed by atoms with Crippen LogP contribution in [-0.4, -0.2) is 27.0 Å². The van der Waals surface area contributed by atoms with E-state index in [0.717, 1.165) is 46.9 Å². The topological polar surface area (TPSA) is 38.1 Å². The Morgan fingerprint density at radius 3 is 2.50 bits per heavy atom. The van der Waals surface area contributed by atoms with E-state index in [-0.39, 0.29) is 6.61 Å². The predicted octanol–water partition coefficient (Wildman–Crippen LogP) is 4.28. The number of fused-ring (bicyclic) bond motifs is 1. The van der Waals surface area contributed by atoms with Gasteiger partial charge in [0.15, 0.2) is 5.16 Å². The predicted molar refractivity (Wildman–Crippen MR) is 92.7 cm³/mol. The molecule has 4 heteroatoms. The maximum atomic E-state index is 8.85. The Morgan fingerprint density at radius 2 is 1.68 bits per heavy atom. The summed E-state index contributed by atoms with van der Waals surface area (Å²) >= 11 is 1.79. The van der Waals surface area contributed by atoms with E-state index in [1.807, 2.05) is 12.1 Å². The number of nitrogens with zero attached hydrogens (tertiary/aromatic N) is 2. The van der Waals surface area contributed by atoms with E-state index in [0.29, 0.717) is 0 Å². The average Bonchev–Trinajstić information content (AvgIpc) is 2.93. The fraction of sp³-hybridized carbons (Fsp3) is 0.278. The zero-order valence-electron chi connectivity index (χ0n) is 12.5. The van der Waals surface area contributed by atoms with Crippen LogP contribution >= 0.6 is 11.8 Å². The van der Waals surface area contributed by atoms with E-state index in [4.69, 9.17) is 10.1 Å². The maximum absolute atomic E-state index is 8.85. The number of rotatable bonds is 7. The van der Waals surface area contributed by atoms with Gasteiger partial charge in [-0.05, 0) is 37.1 Å². The molecule has 0 spiro atoms. The molecule has 0 fully saturated rings. The van der Waals surface area contributed by atoms with Crippen molar-refractivity contribution in [1.29, 1.82) is 0 Å². The van der Waals surface area contributed by atoms with Gasteiger partial charge in [0.05, 0.1) is 11.0 Å². The van der Waals surface area contributed by atoms with E-state index in [9.17, 15) is 0 Å². The molecule has 3 rings (SSSR count). The number of hydrogen-bond acceptors (Lipinski definition) is 3. The smallest absolute Gasteiger partial charge is 0.173 e. The second-order valence-electron chi connectivity index (χ2n) is 5.19. The third kappa shape index (κ3) is 3.34. The summed E-state index contributed by atoms with van der Waals surface area (Å²) in [5.41, 5.74) is 3.32. The molecule has 0 radical (unpaired) electrons. The number of benzene rings is 2. The SMILES string of the molecule is OCCCCCSc1nc2ccccc2n1-c1ccccc1. The zero-order valence-corrected chi connectivity index (χ0v) is 13.3. The standard InChI is InChI=1S/C18H20N2OS/c21-13-7-2-8-14-22-18-19-16-11-5-6-12-17(16)20(18)15-9-3-1-4-10-15/h1,3-6,9-12,21H,2,7-8,13-14H2. The van der Waals surface area contributed by atoms with Crippen molar-refractivity contribution < 1.29 is 5.11 Å². The molecule has 0 aliphatic heterocycles. The summed E-state index contributed by atoms with van der Waals surface area (Å²) in [6.07, 6.45) is 3.05. The monoisotopic (exact) mass is 312 g/mol. The first kappa shape index (κ1) is 15.1. The Morgan fingerprint density at radius 1 is 0.909 bits per heavy atom. The Hall–Kier alpha value is -1.78. The second kappa shape index (κ2) is 7.47. The van der Waals surface area contributed by atoms with E-state index in [1.54, 1.807) is 11.8 Å². The first-order valence-corrected chi connectivity index (χ1v) is 8.65. The Labute approximate surface area is 135 Å². The van der Waals surface area contributed by atoms with Gasteiger partial charge in [0.25, 0.3) is 0 Å². The molecule has 1 N–H and O–H groups in total. The molecular weight excluding hydrogens is 292 g/mol. The van der Waals surface area contributed by atoms with Crippen LogP contribution in [0.5, 0.6) is 0 Å². The van der Waals surface area contributed by atoms with E-state index < -0.39 is 0 Å². The second-order valence-corrected chi connectivity index (χ2v) is 6.25. The highest BCUT2D eigenvalue weighted by atomic mass is 32.2. The Balaban J connectivity index is 1.88. The van der Waals surface area contributed by atoms with Crippen molar-refractivity contribution in [2.24, 2.45) is 0 Å². The molecule has 3 aromatic rings. The van der Waals surface area contributed by atoms with Crippen LogP contribution in [0, 0.1) is 0 Å². The lowest BCUT2D eigenvalue weighted by atomic mass is 10.3. The van der Waals surface area contributed by atoms with Gasteiger partial charge in [0.1, 0.15) is 0 Å². The van der Waals surface area contributed by atoms with Crippen molar-refractivity contribution in [3.8, 4) is 5.69 Å². The summed E-state index contributed by atoms with van der Waals surface area (Å²) in [5.74, 6) is 1.02. The van der Waals surface area contributed by atoms with Crippen molar-refractivity contribution in [2.45, 2.75) is 24.4 Å². The van der Waals surface area contributed by atoms with Crippen LogP contribution in [0.15, 0.2) is 59.8 Å². The highest BCUT2D eigenvalue weighted by molar-refractivity contribution is 7.99. The number of imidazole rings is 1. The summed E-state index contributed by atoms with van der Waals surface area (Å²) in [7, 11) is 0. The highest BCUT2D eigenvalue weighted by Crippen LogP contribution is 2.28. The number of aliphatic hydroxyl groups excluding tert-OH is 1. The molecule has 0 saturated carbocycles. The van der Waals surface area contributed by atoms with Gasteiger partial charge in [-0.3, -0.25) is 4.57 Å². The summed E-state index contributed by atoms with van der Waals surface area (Å²) in [6, 6.07) is 18.6. The molecule has 1 heterocycles. The lowest BCUT2D eigenvalue weighted by molar-refractivity contribution is 0.284. The van der Waals surface area contributed by atoms with Crippen LogP contribution in [0.3, 0.4) is 0 Å². The van der Waals surface area contributed by atoms with Gasteiger partial charge >= 0.3 is 0 Å². The molecular formula is C18H20N2OS. The van der Waals surface area contributed by atoms with Gasteiger partial charge < -0.3 is 5.11 Å². The molecule has 0 unspecified atom stereocenters. The van der Waals surface area contributed by atoms with Gasteiger partial charge in [-0.25, -0.2) is 4.98 Å². The largest absolute Gasteiger partial charge is 0.396 e. The fourth-order valence-corrected chi connectivity index (χ4v) is 3.51. The molecule has 1 aromatic heterocycles. The van der Waals surface area contributed by atoms with Crippen LogP contribution in [0.4, 0.5) is 0 Å². The summed E-state index contributed by atoms with van der Waals surface area (Å²) < 4.78 is 2.23. The highest BCUT2D eigenvalue weighted by Gasteiger charge is 2.12. The van der Waals surface area contributed by atoms with Crippen LogP contribution in [0.1, 0.15) is 19.3 Å². The quantitative estimate of drug-likeness (QED) is 0.523. The van der Waals surface area contributed by atoms with Crippen LogP contribution in [-0.2, 0) is 0 Å². The van der Waals surface area contributed by atoms with Crippen LogP contribution < -0.4 is 0 Å². The van der Waals surface area contributed by atoms with Crippen molar-refractivity contribution in [2.75, 3.05) is 12.4 Å². The first-order chi connectivity index (χ1) is 10.9. The molecule has 0 bridgehead atoms. The fourth-order valence-electron chi connectivity index (χ4n) is 2.48. The molecule has 114 valence electrons. The Kier molecular flexibility index (Phi) is 5.14.